The van der Waals surface area contributed by atoms with E-state index < -0.39 is 17.5 Å². The molecule has 4 amide bonds. The summed E-state index contributed by atoms with van der Waals surface area (Å²) in [5.74, 6) is -0.566. The first-order chi connectivity index (χ1) is 13.3. The highest BCUT2D eigenvalue weighted by Gasteiger charge is 2.52. The van der Waals surface area contributed by atoms with E-state index in [4.69, 9.17) is 5.11 Å². The number of carboxylic acids is 1. The van der Waals surface area contributed by atoms with Crippen LogP contribution in [0.3, 0.4) is 0 Å². The number of amides is 4. The number of carbonyl (C=O) groups is 4. The van der Waals surface area contributed by atoms with Gasteiger partial charge in [0.2, 0.25) is 5.91 Å². The molecule has 1 atom stereocenters. The van der Waals surface area contributed by atoms with E-state index in [0.29, 0.717) is 38.3 Å². The second-order valence-corrected chi connectivity index (χ2v) is 8.54. The van der Waals surface area contributed by atoms with Gasteiger partial charge in [-0.25, -0.2) is 4.79 Å². The highest BCUT2D eigenvalue weighted by molar-refractivity contribution is 6.09. The predicted molar refractivity (Wildman–Crippen MR) is 101 cm³/mol. The molecule has 2 heterocycles. The first-order valence-corrected chi connectivity index (χ1v) is 10.5. The van der Waals surface area contributed by atoms with Crippen molar-refractivity contribution in [3.63, 3.8) is 0 Å². The number of nitrogens with zero attached hydrogens (tertiary/aromatic N) is 2. The molecule has 8 nitrogen and oxygen atoms in total. The van der Waals surface area contributed by atoms with Gasteiger partial charge in [-0.1, -0.05) is 13.3 Å². The summed E-state index contributed by atoms with van der Waals surface area (Å²) in [7, 11) is 0. The van der Waals surface area contributed by atoms with E-state index in [1.54, 1.807) is 4.90 Å². The molecule has 2 N–H and O–H groups in total. The Hall–Kier alpha value is -2.12. The van der Waals surface area contributed by atoms with Gasteiger partial charge in [-0.15, -0.1) is 0 Å². The molecule has 1 aliphatic carbocycles. The lowest BCUT2D eigenvalue weighted by atomic mass is 9.75. The molecule has 3 fully saturated rings. The highest BCUT2D eigenvalue weighted by Crippen LogP contribution is 2.37. The van der Waals surface area contributed by atoms with Crippen molar-refractivity contribution in [3.8, 4) is 0 Å². The van der Waals surface area contributed by atoms with Gasteiger partial charge in [-0.05, 0) is 56.8 Å². The molecule has 0 radical (unpaired) electrons. The topological polar surface area (TPSA) is 107 Å². The van der Waals surface area contributed by atoms with Crippen molar-refractivity contribution in [1.82, 2.24) is 15.1 Å². The van der Waals surface area contributed by atoms with Crippen LogP contribution in [-0.4, -0.2) is 63.9 Å². The molecule has 3 aliphatic rings. The largest absolute Gasteiger partial charge is 0.481 e. The molecule has 3 rings (SSSR count). The summed E-state index contributed by atoms with van der Waals surface area (Å²) >= 11 is 0. The van der Waals surface area contributed by atoms with Gasteiger partial charge in [0.15, 0.2) is 0 Å². The number of carbonyl (C=O) groups excluding carboxylic acids is 3. The van der Waals surface area contributed by atoms with E-state index in [1.807, 2.05) is 0 Å². The normalized spacial score (nSPS) is 30.6. The van der Waals surface area contributed by atoms with Crippen LogP contribution in [0.1, 0.15) is 64.7 Å². The Morgan fingerprint density at radius 3 is 2.54 bits per heavy atom. The van der Waals surface area contributed by atoms with Crippen molar-refractivity contribution in [1.29, 1.82) is 0 Å². The summed E-state index contributed by atoms with van der Waals surface area (Å²) in [4.78, 5) is 51.6. The number of urea groups is 1. The van der Waals surface area contributed by atoms with Gasteiger partial charge < -0.3 is 15.3 Å². The van der Waals surface area contributed by atoms with Crippen molar-refractivity contribution in [2.75, 3.05) is 19.6 Å². The van der Waals surface area contributed by atoms with E-state index in [-0.39, 0.29) is 30.7 Å². The first kappa shape index (κ1) is 20.6. The number of nitrogens with one attached hydrogen (secondary N) is 1. The summed E-state index contributed by atoms with van der Waals surface area (Å²) in [5, 5.41) is 11.7. The minimum Gasteiger partial charge on any atom is -0.481 e. The lowest BCUT2D eigenvalue weighted by Crippen LogP contribution is -2.50. The monoisotopic (exact) mass is 393 g/mol. The molecule has 1 spiro atoms. The van der Waals surface area contributed by atoms with Gasteiger partial charge in [0.05, 0.1) is 0 Å². The molecule has 0 aromatic carbocycles. The zero-order valence-electron chi connectivity index (χ0n) is 16.6. The van der Waals surface area contributed by atoms with E-state index in [2.05, 4.69) is 12.2 Å². The SMILES string of the molecule is CCC1CCC2(CC1)NC(=O)N(CC(=O)N1CCCC(CCC(=O)O)C1)C2=O. The number of likely N-dealkylation sites (tertiary alicyclic amines) is 1. The smallest absolute Gasteiger partial charge is 0.325 e. The Kier molecular flexibility index (Phi) is 6.25. The molecule has 0 aromatic heterocycles. The zero-order valence-corrected chi connectivity index (χ0v) is 16.6. The quantitative estimate of drug-likeness (QED) is 0.671. The number of rotatable bonds is 6. The number of aliphatic carboxylic acids is 1. The van der Waals surface area contributed by atoms with Crippen LogP contribution in [0, 0.1) is 11.8 Å². The maximum absolute atomic E-state index is 13.0. The Balaban J connectivity index is 1.57. The zero-order chi connectivity index (χ0) is 20.3. The summed E-state index contributed by atoms with van der Waals surface area (Å²) in [6.45, 7) is 3.01. The Bertz CT molecular complexity index is 642. The van der Waals surface area contributed by atoms with E-state index in [9.17, 15) is 19.2 Å². The van der Waals surface area contributed by atoms with Crippen LogP contribution >= 0.6 is 0 Å². The van der Waals surface area contributed by atoms with E-state index >= 15 is 0 Å². The molecular formula is C20H31N3O5. The lowest BCUT2D eigenvalue weighted by Gasteiger charge is -2.35. The van der Waals surface area contributed by atoms with Gasteiger partial charge in [0.25, 0.3) is 5.91 Å². The van der Waals surface area contributed by atoms with Crippen LogP contribution < -0.4 is 5.32 Å². The number of hydrogen-bond acceptors (Lipinski definition) is 4. The molecule has 0 aromatic rings. The highest BCUT2D eigenvalue weighted by atomic mass is 16.4. The third kappa shape index (κ3) is 4.31. The summed E-state index contributed by atoms with van der Waals surface area (Å²) in [6.07, 6.45) is 6.57. The molecular weight excluding hydrogens is 362 g/mol. The Morgan fingerprint density at radius 1 is 1.18 bits per heavy atom. The fourth-order valence-corrected chi connectivity index (χ4v) is 4.83. The van der Waals surface area contributed by atoms with Gasteiger partial charge in [0, 0.05) is 19.5 Å². The number of imide groups is 1. The average Bonchev–Trinajstić information content (AvgIpc) is 2.91. The lowest BCUT2D eigenvalue weighted by molar-refractivity contribution is -0.141. The predicted octanol–water partition coefficient (Wildman–Crippen LogP) is 1.98. The maximum Gasteiger partial charge on any atom is 0.325 e. The third-order valence-electron chi connectivity index (χ3n) is 6.71. The van der Waals surface area contributed by atoms with Crippen LogP contribution in [0.25, 0.3) is 0 Å². The minimum absolute atomic E-state index is 0.0982. The molecule has 1 unspecified atom stereocenters. The van der Waals surface area contributed by atoms with Crippen molar-refractivity contribution in [2.24, 2.45) is 11.8 Å². The first-order valence-electron chi connectivity index (χ1n) is 10.5. The Morgan fingerprint density at radius 2 is 1.89 bits per heavy atom. The van der Waals surface area contributed by atoms with Crippen molar-refractivity contribution < 1.29 is 24.3 Å². The molecule has 156 valence electrons. The standard InChI is InChI=1S/C20H31N3O5/c1-2-14-7-9-20(10-8-14)18(27)23(19(28)21-20)13-16(24)22-11-3-4-15(12-22)5-6-17(25)26/h14-15H,2-13H2,1H3,(H,21,28)(H,25,26). The molecule has 0 bridgehead atoms. The van der Waals surface area contributed by atoms with Gasteiger partial charge in [-0.2, -0.15) is 0 Å². The molecule has 2 saturated heterocycles. The van der Waals surface area contributed by atoms with Gasteiger partial charge in [-0.3, -0.25) is 19.3 Å². The fraction of sp³-hybridized carbons (Fsp3) is 0.800. The van der Waals surface area contributed by atoms with Crippen LogP contribution in [0.5, 0.6) is 0 Å². The average molecular weight is 393 g/mol. The molecule has 2 aliphatic heterocycles. The van der Waals surface area contributed by atoms with Crippen LogP contribution in [0.15, 0.2) is 0 Å². The molecule has 1 saturated carbocycles. The van der Waals surface area contributed by atoms with E-state index in [1.165, 1.54) is 0 Å². The molecule has 28 heavy (non-hydrogen) atoms. The van der Waals surface area contributed by atoms with Crippen molar-refractivity contribution in [2.45, 2.75) is 70.3 Å². The van der Waals surface area contributed by atoms with Crippen LogP contribution in [-0.2, 0) is 14.4 Å². The van der Waals surface area contributed by atoms with Gasteiger partial charge >= 0.3 is 12.0 Å². The van der Waals surface area contributed by atoms with Crippen molar-refractivity contribution >= 4 is 23.8 Å². The van der Waals surface area contributed by atoms with E-state index in [0.717, 1.165) is 37.0 Å². The molecule has 8 heteroatoms. The summed E-state index contributed by atoms with van der Waals surface area (Å²) in [6, 6.07) is -0.465. The summed E-state index contributed by atoms with van der Waals surface area (Å²) < 4.78 is 0. The minimum atomic E-state index is -0.828. The fourth-order valence-electron chi connectivity index (χ4n) is 4.83. The Labute approximate surface area is 165 Å². The number of piperidine rings is 1. The second kappa shape index (κ2) is 8.49. The van der Waals surface area contributed by atoms with Crippen LogP contribution in [0.4, 0.5) is 4.79 Å². The van der Waals surface area contributed by atoms with Gasteiger partial charge in [0.1, 0.15) is 12.1 Å². The third-order valence-corrected chi connectivity index (χ3v) is 6.71. The number of hydrogen-bond donors (Lipinski definition) is 2. The maximum atomic E-state index is 13.0. The number of carboxylic acid groups (broad SMARTS) is 1. The second-order valence-electron chi connectivity index (χ2n) is 8.54. The van der Waals surface area contributed by atoms with Crippen LogP contribution in [0.2, 0.25) is 0 Å². The van der Waals surface area contributed by atoms with Crippen molar-refractivity contribution in [3.05, 3.63) is 0 Å². The summed E-state index contributed by atoms with van der Waals surface area (Å²) in [5.41, 5.74) is -0.824.